The molecule has 0 bridgehead atoms. The van der Waals surface area contributed by atoms with Gasteiger partial charge in [0.2, 0.25) is 0 Å². The lowest BCUT2D eigenvalue weighted by atomic mass is 10.1. The molecule has 5 N–H and O–H groups in total. The number of aliphatic hydroxyl groups excluding tert-OH is 1. The zero-order chi connectivity index (χ0) is 11.8. The van der Waals surface area contributed by atoms with Gasteiger partial charge in [0.15, 0.2) is 0 Å². The minimum absolute atomic E-state index is 0.204. The summed E-state index contributed by atoms with van der Waals surface area (Å²) >= 11 is 7.89. The predicted molar refractivity (Wildman–Crippen MR) is 70.5 cm³/mol. The van der Waals surface area contributed by atoms with E-state index in [-0.39, 0.29) is 5.71 Å². The number of hydrogen-bond donors (Lipinski definition) is 3. The van der Waals surface area contributed by atoms with Crippen LogP contribution in [0.3, 0.4) is 0 Å². The van der Waals surface area contributed by atoms with Gasteiger partial charge >= 0.3 is 0 Å². The largest absolute Gasteiger partial charge is 0.404 e. The van der Waals surface area contributed by atoms with Crippen LogP contribution in [-0.2, 0) is 0 Å². The molecule has 1 atom stereocenters. The molecule has 15 heavy (non-hydrogen) atoms. The van der Waals surface area contributed by atoms with E-state index in [2.05, 4.69) is 26.0 Å². The van der Waals surface area contributed by atoms with Gasteiger partial charge in [-0.3, -0.25) is 4.99 Å². The van der Waals surface area contributed by atoms with Gasteiger partial charge in [-0.1, -0.05) is 12.2 Å². The maximum atomic E-state index is 9.80. The van der Waals surface area contributed by atoms with Gasteiger partial charge in [-0.2, -0.15) is 5.10 Å². The number of halogens is 1. The molecule has 0 aromatic heterocycles. The number of hydrazone groups is 1. The standard InChI is InChI=1S/C8H13BrN4OS/c1-2-12-4-6(13-11)7(14)5(3-10)8(9)15/h3-4,7,14H,2,10-11H2,1H3. The highest BCUT2D eigenvalue weighted by Gasteiger charge is 2.18. The topological polar surface area (TPSA) is 97.0 Å². The van der Waals surface area contributed by atoms with Gasteiger partial charge in [0.05, 0.1) is 3.77 Å². The first kappa shape index (κ1) is 14.2. The Kier molecular flexibility index (Phi) is 7.10. The quantitative estimate of drug-likeness (QED) is 0.170. The maximum Gasteiger partial charge on any atom is 0.128 e. The molecule has 7 heteroatoms. The summed E-state index contributed by atoms with van der Waals surface area (Å²) in [6.07, 6.45) is 1.52. The highest BCUT2D eigenvalue weighted by Crippen LogP contribution is 2.10. The molecule has 0 spiro atoms. The molecular formula is C8H13BrN4OS. The van der Waals surface area contributed by atoms with Crippen LogP contribution in [-0.4, -0.2) is 33.5 Å². The second kappa shape index (κ2) is 7.49. The van der Waals surface area contributed by atoms with Gasteiger partial charge in [-0.25, -0.2) is 0 Å². The second-order valence-electron chi connectivity index (χ2n) is 2.48. The minimum Gasteiger partial charge on any atom is -0.404 e. The van der Waals surface area contributed by atoms with Crippen molar-refractivity contribution in [1.82, 2.24) is 0 Å². The van der Waals surface area contributed by atoms with E-state index in [1.807, 2.05) is 6.92 Å². The molecular weight excluding hydrogens is 280 g/mol. The summed E-state index contributed by atoms with van der Waals surface area (Å²) in [6, 6.07) is 0. The van der Waals surface area contributed by atoms with E-state index >= 15 is 0 Å². The molecule has 0 amide bonds. The Morgan fingerprint density at radius 3 is 2.60 bits per heavy atom. The van der Waals surface area contributed by atoms with Crippen molar-refractivity contribution in [3.05, 3.63) is 11.8 Å². The minimum atomic E-state index is -1.07. The number of nitrogens with zero attached hydrogens (tertiary/aromatic N) is 2. The summed E-state index contributed by atoms with van der Waals surface area (Å²) in [4.78, 5) is 3.92. The molecule has 0 heterocycles. The fourth-order valence-electron chi connectivity index (χ4n) is 0.783. The smallest absolute Gasteiger partial charge is 0.128 e. The lowest BCUT2D eigenvalue weighted by molar-refractivity contribution is 0.285. The third kappa shape index (κ3) is 4.50. The van der Waals surface area contributed by atoms with E-state index in [4.69, 9.17) is 23.8 Å². The molecule has 0 rings (SSSR count). The second-order valence-corrected chi connectivity index (χ2v) is 4.21. The summed E-state index contributed by atoms with van der Waals surface area (Å²) in [5, 5.41) is 13.2. The summed E-state index contributed by atoms with van der Waals surface area (Å²) in [6.45, 7) is 2.43. The summed E-state index contributed by atoms with van der Waals surface area (Å²) in [5.74, 6) is 5.12. The molecule has 0 saturated carbocycles. The molecule has 0 saturated heterocycles. The van der Waals surface area contributed by atoms with Crippen molar-refractivity contribution >= 4 is 43.8 Å². The Hall–Kier alpha value is -0.790. The van der Waals surface area contributed by atoms with Crippen LogP contribution in [0.4, 0.5) is 0 Å². The van der Waals surface area contributed by atoms with Crippen LogP contribution in [0.1, 0.15) is 6.92 Å². The molecule has 5 nitrogen and oxygen atoms in total. The number of aliphatic imine (C=N–C) groups is 1. The third-order valence-electron chi connectivity index (χ3n) is 1.54. The number of hydrogen-bond acceptors (Lipinski definition) is 6. The predicted octanol–water partition coefficient (Wildman–Crippen LogP) is 0.318. The first-order valence-electron chi connectivity index (χ1n) is 4.15. The Balaban J connectivity index is 4.88. The molecule has 84 valence electrons. The molecule has 1 unspecified atom stereocenters. The van der Waals surface area contributed by atoms with Crippen LogP contribution in [0.5, 0.6) is 0 Å². The van der Waals surface area contributed by atoms with Crippen LogP contribution < -0.4 is 11.6 Å². The van der Waals surface area contributed by atoms with Gasteiger partial charge in [-0.15, -0.1) is 0 Å². The van der Waals surface area contributed by atoms with E-state index in [1.54, 1.807) is 0 Å². The van der Waals surface area contributed by atoms with Gasteiger partial charge in [0, 0.05) is 24.5 Å². The lowest BCUT2D eigenvalue weighted by Crippen LogP contribution is -2.28. The Labute approximate surface area is 102 Å². The number of nitrogens with two attached hydrogens (primary N) is 2. The molecule has 0 aromatic rings. The highest BCUT2D eigenvalue weighted by molar-refractivity contribution is 9.20. The molecule has 0 aliphatic rings. The lowest BCUT2D eigenvalue weighted by Gasteiger charge is -2.11. The van der Waals surface area contributed by atoms with Gasteiger partial charge in [0.1, 0.15) is 11.8 Å². The molecule has 0 fully saturated rings. The third-order valence-corrected chi connectivity index (χ3v) is 2.23. The Bertz CT molecular complexity index is 314. The Morgan fingerprint density at radius 1 is 1.67 bits per heavy atom. The average Bonchev–Trinajstić information content (AvgIpc) is 2.19. The molecule has 0 radical (unpaired) electrons. The Morgan fingerprint density at radius 2 is 2.27 bits per heavy atom. The normalized spacial score (nSPS) is 15.7. The average molecular weight is 293 g/mol. The number of rotatable bonds is 5. The first-order valence-corrected chi connectivity index (χ1v) is 5.35. The summed E-state index contributed by atoms with van der Waals surface area (Å²) in [5.41, 5.74) is 5.85. The SMILES string of the molecule is CCN=CC(=NN)C(O)C(=CN)C(=S)Br. The van der Waals surface area contributed by atoms with E-state index in [0.717, 1.165) is 0 Å². The van der Waals surface area contributed by atoms with Crippen molar-refractivity contribution in [2.24, 2.45) is 21.7 Å². The number of thiocarbonyl (C=S) groups is 1. The molecule has 0 aliphatic heterocycles. The van der Waals surface area contributed by atoms with Crippen molar-refractivity contribution in [2.45, 2.75) is 13.0 Å². The van der Waals surface area contributed by atoms with E-state index < -0.39 is 6.10 Å². The van der Waals surface area contributed by atoms with Crippen LogP contribution in [0, 0.1) is 0 Å². The zero-order valence-electron chi connectivity index (χ0n) is 8.22. The zero-order valence-corrected chi connectivity index (χ0v) is 10.6. The van der Waals surface area contributed by atoms with Crippen molar-refractivity contribution in [1.29, 1.82) is 0 Å². The van der Waals surface area contributed by atoms with Crippen LogP contribution >= 0.6 is 28.1 Å². The summed E-state index contributed by atoms with van der Waals surface area (Å²) in [7, 11) is 0. The van der Waals surface area contributed by atoms with E-state index in [1.165, 1.54) is 12.4 Å². The van der Waals surface area contributed by atoms with Gasteiger partial charge < -0.3 is 16.7 Å². The van der Waals surface area contributed by atoms with Crippen LogP contribution in [0.15, 0.2) is 21.9 Å². The van der Waals surface area contributed by atoms with Gasteiger partial charge in [-0.05, 0) is 22.9 Å². The highest BCUT2D eigenvalue weighted by atomic mass is 79.9. The number of aliphatic hydroxyl groups is 1. The van der Waals surface area contributed by atoms with Crippen molar-refractivity contribution < 1.29 is 5.11 Å². The summed E-state index contributed by atoms with van der Waals surface area (Å²) < 4.78 is 0.309. The molecule has 0 aromatic carbocycles. The van der Waals surface area contributed by atoms with E-state index in [9.17, 15) is 5.11 Å². The maximum absolute atomic E-state index is 9.80. The van der Waals surface area contributed by atoms with Crippen molar-refractivity contribution in [3.63, 3.8) is 0 Å². The van der Waals surface area contributed by atoms with Gasteiger partial charge in [0.25, 0.3) is 0 Å². The fraction of sp³-hybridized carbons (Fsp3) is 0.375. The van der Waals surface area contributed by atoms with Crippen molar-refractivity contribution in [2.75, 3.05) is 6.54 Å². The van der Waals surface area contributed by atoms with Crippen molar-refractivity contribution in [3.8, 4) is 0 Å². The molecule has 0 aliphatic carbocycles. The monoisotopic (exact) mass is 292 g/mol. The van der Waals surface area contributed by atoms with Crippen LogP contribution in [0.25, 0.3) is 0 Å². The first-order chi connectivity index (χ1) is 7.08. The van der Waals surface area contributed by atoms with E-state index in [0.29, 0.717) is 15.9 Å². The fourth-order valence-corrected chi connectivity index (χ4v) is 1.31. The van der Waals surface area contributed by atoms with Crippen LogP contribution in [0.2, 0.25) is 0 Å².